The van der Waals surface area contributed by atoms with Gasteiger partial charge in [0.2, 0.25) is 0 Å². The van der Waals surface area contributed by atoms with Crippen molar-refractivity contribution < 1.29 is 9.90 Å². The Morgan fingerprint density at radius 1 is 1.19 bits per heavy atom. The van der Waals surface area contributed by atoms with Gasteiger partial charge in [0.1, 0.15) is 5.82 Å². The summed E-state index contributed by atoms with van der Waals surface area (Å²) < 4.78 is 1.69. The van der Waals surface area contributed by atoms with E-state index >= 15 is 0 Å². The second-order valence-electron chi connectivity index (χ2n) is 7.96. The van der Waals surface area contributed by atoms with Gasteiger partial charge in [0, 0.05) is 24.7 Å². The Labute approximate surface area is 197 Å². The summed E-state index contributed by atoms with van der Waals surface area (Å²) in [5.74, 6) is 0.989. The summed E-state index contributed by atoms with van der Waals surface area (Å²) in [6.07, 6.45) is 6.02. The highest BCUT2D eigenvalue weighted by molar-refractivity contribution is 6.33. The largest absolute Gasteiger partial charge is 0.396 e. The molecule has 0 spiro atoms. The number of carbonyl (C=O) groups excluding carboxylic acids is 1. The quantitative estimate of drug-likeness (QED) is 0.540. The Hall–Kier alpha value is -2.61. The fourth-order valence-electron chi connectivity index (χ4n) is 4.02. The number of piperidine rings is 1. The van der Waals surface area contributed by atoms with Gasteiger partial charge in [-0.1, -0.05) is 23.2 Å². The maximum atomic E-state index is 12.8. The topological polar surface area (TPSA) is 83.3 Å². The maximum Gasteiger partial charge on any atom is 0.259 e. The number of rotatable bonds is 6. The Morgan fingerprint density at radius 3 is 2.56 bits per heavy atom. The zero-order chi connectivity index (χ0) is 22.7. The molecule has 0 atom stereocenters. The molecule has 0 bridgehead atoms. The first-order valence-corrected chi connectivity index (χ1v) is 11.3. The van der Waals surface area contributed by atoms with Crippen molar-refractivity contribution in [3.8, 4) is 5.69 Å². The zero-order valence-electron chi connectivity index (χ0n) is 17.8. The molecular weight excluding hydrogens is 449 g/mol. The minimum absolute atomic E-state index is 0.232. The molecule has 9 heteroatoms. The molecule has 0 saturated carbocycles. The normalized spacial score (nSPS) is 14.6. The van der Waals surface area contributed by atoms with Gasteiger partial charge >= 0.3 is 0 Å². The van der Waals surface area contributed by atoms with E-state index in [1.54, 1.807) is 35.3 Å². The van der Waals surface area contributed by atoms with Crippen LogP contribution in [0.1, 0.15) is 35.3 Å². The van der Waals surface area contributed by atoms with Gasteiger partial charge in [0.15, 0.2) is 0 Å². The smallest absolute Gasteiger partial charge is 0.259 e. The summed E-state index contributed by atoms with van der Waals surface area (Å²) in [5, 5.41) is 17.5. The molecule has 0 unspecified atom stereocenters. The minimum Gasteiger partial charge on any atom is -0.396 e. The van der Waals surface area contributed by atoms with Gasteiger partial charge in [-0.15, -0.1) is 0 Å². The molecule has 1 aliphatic rings. The predicted octanol–water partition coefficient (Wildman–Crippen LogP) is 4.73. The third-order valence-electron chi connectivity index (χ3n) is 5.86. The number of nitrogens with zero attached hydrogens (tertiary/aromatic N) is 4. The standard InChI is InChI=1S/C23H25Cl2N5O2/c1-15-20(14-27-30(15)19-4-2-17(24)3-5-19)23(32)28-18-12-21(25)22(26-13-18)29-9-6-16(7-10-29)8-11-31/h2-5,12-14,16,31H,6-11H2,1H3,(H,28,32). The van der Waals surface area contributed by atoms with Crippen LogP contribution in [-0.4, -0.2) is 45.5 Å². The SMILES string of the molecule is Cc1c(C(=O)Nc2cnc(N3CCC(CCO)CC3)c(Cl)c2)cnn1-c1ccc(Cl)cc1. The van der Waals surface area contributed by atoms with Gasteiger partial charge in [0.05, 0.1) is 40.0 Å². The molecule has 1 aromatic carbocycles. The summed E-state index contributed by atoms with van der Waals surface area (Å²) in [5.41, 5.74) is 2.53. The number of hydrogen-bond donors (Lipinski definition) is 2. The van der Waals surface area contributed by atoms with Crippen LogP contribution in [0.2, 0.25) is 10.0 Å². The molecule has 0 aliphatic carbocycles. The van der Waals surface area contributed by atoms with E-state index in [2.05, 4.69) is 20.3 Å². The van der Waals surface area contributed by atoms with Crippen LogP contribution in [0.25, 0.3) is 5.69 Å². The molecule has 168 valence electrons. The highest BCUT2D eigenvalue weighted by Gasteiger charge is 2.22. The molecule has 1 aliphatic heterocycles. The van der Waals surface area contributed by atoms with Gasteiger partial charge in [0.25, 0.3) is 5.91 Å². The van der Waals surface area contributed by atoms with Crippen molar-refractivity contribution in [1.29, 1.82) is 0 Å². The first-order valence-electron chi connectivity index (χ1n) is 10.6. The van der Waals surface area contributed by atoms with Crippen LogP contribution >= 0.6 is 23.2 Å². The van der Waals surface area contributed by atoms with Crippen LogP contribution in [0.4, 0.5) is 11.5 Å². The monoisotopic (exact) mass is 473 g/mol. The molecule has 1 amide bonds. The first kappa shape index (κ1) is 22.6. The number of carbonyl (C=O) groups is 1. The molecular formula is C23H25Cl2N5O2. The van der Waals surface area contributed by atoms with E-state index < -0.39 is 0 Å². The van der Waals surface area contributed by atoms with E-state index in [-0.39, 0.29) is 12.5 Å². The van der Waals surface area contributed by atoms with Gasteiger partial charge in [-0.2, -0.15) is 5.10 Å². The molecule has 2 aromatic heterocycles. The molecule has 7 nitrogen and oxygen atoms in total. The number of benzene rings is 1. The Kier molecular flexibility index (Phi) is 6.98. The Bertz CT molecular complexity index is 1090. The number of hydrogen-bond acceptors (Lipinski definition) is 5. The average Bonchev–Trinajstić information content (AvgIpc) is 3.17. The summed E-state index contributed by atoms with van der Waals surface area (Å²) >= 11 is 12.4. The zero-order valence-corrected chi connectivity index (χ0v) is 19.3. The lowest BCUT2D eigenvalue weighted by atomic mass is 9.94. The van der Waals surface area contributed by atoms with Crippen LogP contribution in [0.3, 0.4) is 0 Å². The third-order valence-corrected chi connectivity index (χ3v) is 6.39. The summed E-state index contributed by atoms with van der Waals surface area (Å²) in [6, 6.07) is 8.98. The minimum atomic E-state index is -0.279. The lowest BCUT2D eigenvalue weighted by Crippen LogP contribution is -2.34. The number of aliphatic hydroxyl groups is 1. The number of nitrogens with one attached hydrogen (secondary N) is 1. The van der Waals surface area contributed by atoms with Gasteiger partial charge in [-0.3, -0.25) is 4.79 Å². The summed E-state index contributed by atoms with van der Waals surface area (Å²) in [4.78, 5) is 19.5. The lowest BCUT2D eigenvalue weighted by Gasteiger charge is -2.33. The van der Waals surface area contributed by atoms with E-state index in [0.29, 0.717) is 32.9 Å². The van der Waals surface area contributed by atoms with E-state index in [1.165, 1.54) is 0 Å². The number of aromatic nitrogens is 3. The summed E-state index contributed by atoms with van der Waals surface area (Å²) in [7, 11) is 0. The third kappa shape index (κ3) is 4.90. The Morgan fingerprint density at radius 2 is 1.91 bits per heavy atom. The molecule has 0 radical (unpaired) electrons. The van der Waals surface area contributed by atoms with Gasteiger partial charge in [-0.25, -0.2) is 9.67 Å². The predicted molar refractivity (Wildman–Crippen MR) is 127 cm³/mol. The van der Waals surface area contributed by atoms with Gasteiger partial charge in [-0.05, 0) is 62.4 Å². The second-order valence-corrected chi connectivity index (χ2v) is 8.80. The molecule has 3 aromatic rings. The molecule has 1 saturated heterocycles. The number of halogens is 2. The first-order chi connectivity index (χ1) is 15.5. The average molecular weight is 474 g/mol. The number of aliphatic hydroxyl groups excluding tert-OH is 1. The van der Waals surface area contributed by atoms with E-state index in [9.17, 15) is 4.79 Å². The van der Waals surface area contributed by atoms with Crippen molar-refractivity contribution in [2.24, 2.45) is 5.92 Å². The van der Waals surface area contributed by atoms with E-state index in [1.807, 2.05) is 19.1 Å². The molecule has 32 heavy (non-hydrogen) atoms. The molecule has 4 rings (SSSR count). The highest BCUT2D eigenvalue weighted by Crippen LogP contribution is 2.30. The van der Waals surface area contributed by atoms with E-state index in [0.717, 1.165) is 43.9 Å². The second kappa shape index (κ2) is 9.90. The van der Waals surface area contributed by atoms with Crippen LogP contribution < -0.4 is 10.2 Å². The van der Waals surface area contributed by atoms with E-state index in [4.69, 9.17) is 28.3 Å². The van der Waals surface area contributed by atoms with Crippen LogP contribution in [0, 0.1) is 12.8 Å². The van der Waals surface area contributed by atoms with Crippen molar-refractivity contribution in [2.45, 2.75) is 26.2 Å². The Balaban J connectivity index is 1.44. The van der Waals surface area contributed by atoms with Crippen molar-refractivity contribution in [3.05, 3.63) is 64.0 Å². The molecule has 2 N–H and O–H groups in total. The fourth-order valence-corrected chi connectivity index (χ4v) is 4.43. The number of anilines is 2. The maximum absolute atomic E-state index is 12.8. The lowest BCUT2D eigenvalue weighted by molar-refractivity contribution is 0.102. The van der Waals surface area contributed by atoms with Crippen molar-refractivity contribution in [2.75, 3.05) is 29.9 Å². The molecule has 3 heterocycles. The molecule has 1 fully saturated rings. The van der Waals surface area contributed by atoms with Crippen molar-refractivity contribution in [1.82, 2.24) is 14.8 Å². The van der Waals surface area contributed by atoms with Crippen molar-refractivity contribution >= 4 is 40.6 Å². The highest BCUT2D eigenvalue weighted by atomic mass is 35.5. The number of amides is 1. The fraction of sp³-hybridized carbons (Fsp3) is 0.348. The van der Waals surface area contributed by atoms with Crippen LogP contribution in [0.15, 0.2) is 42.7 Å². The van der Waals surface area contributed by atoms with Gasteiger partial charge < -0.3 is 15.3 Å². The van der Waals surface area contributed by atoms with Crippen LogP contribution in [0.5, 0.6) is 0 Å². The van der Waals surface area contributed by atoms with Crippen molar-refractivity contribution in [3.63, 3.8) is 0 Å². The summed E-state index contributed by atoms with van der Waals surface area (Å²) in [6.45, 7) is 3.78. The van der Waals surface area contributed by atoms with Crippen LogP contribution in [-0.2, 0) is 0 Å². The number of pyridine rings is 1.